The third-order valence-electron chi connectivity index (χ3n) is 5.01. The number of nitro groups is 1. The molecule has 0 bridgehead atoms. The number of rotatable bonds is 8. The topological polar surface area (TPSA) is 123 Å². The van der Waals surface area contributed by atoms with E-state index in [4.69, 9.17) is 9.47 Å². The summed E-state index contributed by atoms with van der Waals surface area (Å²) in [5.74, 6) is 1.09. The van der Waals surface area contributed by atoms with Crippen LogP contribution in [0.4, 0.5) is 11.4 Å². The Hall–Kier alpha value is -3.18. The van der Waals surface area contributed by atoms with Gasteiger partial charge in [0.25, 0.3) is 5.69 Å². The van der Waals surface area contributed by atoms with Crippen molar-refractivity contribution < 1.29 is 22.8 Å². The molecule has 1 aliphatic rings. The van der Waals surface area contributed by atoms with E-state index in [9.17, 15) is 18.5 Å². The monoisotopic (exact) mass is 448 g/mol. The number of nitro benzene ring substituents is 1. The van der Waals surface area contributed by atoms with Gasteiger partial charge >= 0.3 is 0 Å². The van der Waals surface area contributed by atoms with E-state index < -0.39 is 14.9 Å². The van der Waals surface area contributed by atoms with E-state index in [1.54, 1.807) is 25.1 Å². The van der Waals surface area contributed by atoms with E-state index in [1.165, 1.54) is 30.7 Å². The fourth-order valence-electron chi connectivity index (χ4n) is 3.26. The van der Waals surface area contributed by atoms with Gasteiger partial charge in [0.1, 0.15) is 5.69 Å². The van der Waals surface area contributed by atoms with Gasteiger partial charge in [-0.25, -0.2) is 8.42 Å². The maximum atomic E-state index is 12.7. The number of hydrogen-bond acceptors (Lipinski definition) is 8. The Morgan fingerprint density at radius 2 is 1.77 bits per heavy atom. The van der Waals surface area contributed by atoms with Crippen LogP contribution < -0.4 is 14.9 Å². The highest BCUT2D eigenvalue weighted by Crippen LogP contribution is 2.31. The molecule has 0 spiro atoms. The second-order valence-corrected chi connectivity index (χ2v) is 8.86. The Bertz CT molecular complexity index is 1110. The molecule has 0 aliphatic carbocycles. The molecular formula is C20H24N4O6S. The highest BCUT2D eigenvalue weighted by atomic mass is 32.2. The molecule has 1 aliphatic heterocycles. The van der Waals surface area contributed by atoms with Crippen LogP contribution in [-0.4, -0.2) is 50.7 Å². The van der Waals surface area contributed by atoms with Crippen LogP contribution in [0.3, 0.4) is 0 Å². The van der Waals surface area contributed by atoms with Crippen molar-refractivity contribution in [1.82, 2.24) is 4.31 Å². The Kier molecular flexibility index (Phi) is 6.76. The number of sulfonamides is 1. The number of nitrogens with zero attached hydrogens (tertiary/aromatic N) is 3. The lowest BCUT2D eigenvalue weighted by Gasteiger charge is -2.15. The average Bonchev–Trinajstić information content (AvgIpc) is 3.32. The molecule has 0 aromatic heterocycles. The van der Waals surface area contributed by atoms with Crippen LogP contribution in [0.5, 0.6) is 11.5 Å². The zero-order chi connectivity index (χ0) is 22.6. The molecule has 31 heavy (non-hydrogen) atoms. The lowest BCUT2D eigenvalue weighted by molar-refractivity contribution is -0.384. The summed E-state index contributed by atoms with van der Waals surface area (Å²) in [4.78, 5) is 10.8. The van der Waals surface area contributed by atoms with E-state index >= 15 is 0 Å². The minimum atomic E-state index is -3.76. The lowest BCUT2D eigenvalue weighted by atomic mass is 10.1. The standard InChI is InChI=1S/C20H24N4O6S/c1-14(15-6-9-19(29-2)20(12-15)30-3)21-22-17-8-7-16(13-18(17)24(25)26)31(27,28)23-10-4-5-11-23/h6-9,12-13,22H,4-5,10-11H2,1-3H3/b21-14+. The normalized spacial score (nSPS) is 15.0. The predicted octanol–water partition coefficient (Wildman–Crippen LogP) is 3.23. The van der Waals surface area contributed by atoms with Gasteiger partial charge in [0.05, 0.1) is 29.8 Å². The molecule has 1 fully saturated rings. The van der Waals surface area contributed by atoms with Crippen molar-refractivity contribution in [2.24, 2.45) is 5.10 Å². The zero-order valence-corrected chi connectivity index (χ0v) is 18.3. The van der Waals surface area contributed by atoms with Gasteiger partial charge in [-0.1, -0.05) is 0 Å². The number of hydrazone groups is 1. The Morgan fingerprint density at radius 1 is 1.10 bits per heavy atom. The van der Waals surface area contributed by atoms with Gasteiger partial charge in [-0.2, -0.15) is 9.41 Å². The van der Waals surface area contributed by atoms with Gasteiger partial charge in [0, 0.05) is 24.7 Å². The average molecular weight is 449 g/mol. The van der Waals surface area contributed by atoms with E-state index in [0.29, 0.717) is 30.3 Å². The molecule has 1 N–H and O–H groups in total. The number of hydrogen-bond donors (Lipinski definition) is 1. The lowest BCUT2D eigenvalue weighted by Crippen LogP contribution is -2.27. The quantitative estimate of drug-likeness (QED) is 0.373. The first-order chi connectivity index (χ1) is 14.8. The Balaban J connectivity index is 1.88. The van der Waals surface area contributed by atoms with Gasteiger partial charge in [0.2, 0.25) is 10.0 Å². The summed E-state index contributed by atoms with van der Waals surface area (Å²) in [5.41, 5.74) is 3.66. The third kappa shape index (κ3) is 4.78. The molecule has 2 aromatic rings. The maximum Gasteiger partial charge on any atom is 0.295 e. The highest BCUT2D eigenvalue weighted by Gasteiger charge is 2.29. The first-order valence-electron chi connectivity index (χ1n) is 9.59. The summed E-state index contributed by atoms with van der Waals surface area (Å²) in [7, 11) is -0.705. The highest BCUT2D eigenvalue weighted by molar-refractivity contribution is 7.89. The molecule has 0 amide bonds. The van der Waals surface area contributed by atoms with Crippen molar-refractivity contribution in [3.05, 3.63) is 52.1 Å². The SMILES string of the molecule is COc1ccc(/C(C)=N/Nc2ccc(S(=O)(=O)N3CCCC3)cc2[N+](=O)[O-])cc1OC. The molecule has 3 rings (SSSR count). The van der Waals surface area contributed by atoms with Gasteiger partial charge in [-0.3, -0.25) is 15.5 Å². The van der Waals surface area contributed by atoms with E-state index in [0.717, 1.165) is 24.5 Å². The summed E-state index contributed by atoms with van der Waals surface area (Å²) < 4.78 is 37.3. The fraction of sp³-hybridized carbons (Fsp3) is 0.350. The van der Waals surface area contributed by atoms with Crippen molar-refractivity contribution >= 4 is 27.1 Å². The molecule has 10 nitrogen and oxygen atoms in total. The van der Waals surface area contributed by atoms with E-state index in [2.05, 4.69) is 10.5 Å². The van der Waals surface area contributed by atoms with Crippen molar-refractivity contribution in [1.29, 1.82) is 0 Å². The van der Waals surface area contributed by atoms with Crippen molar-refractivity contribution in [3.8, 4) is 11.5 Å². The third-order valence-corrected chi connectivity index (χ3v) is 6.91. The summed E-state index contributed by atoms with van der Waals surface area (Å²) in [6.45, 7) is 2.57. The second-order valence-electron chi connectivity index (χ2n) is 6.93. The van der Waals surface area contributed by atoms with Gasteiger partial charge in [-0.15, -0.1) is 0 Å². The molecular weight excluding hydrogens is 424 g/mol. The summed E-state index contributed by atoms with van der Waals surface area (Å²) in [5, 5.41) is 15.8. The van der Waals surface area contributed by atoms with Crippen molar-refractivity contribution in [2.45, 2.75) is 24.7 Å². The number of methoxy groups -OCH3 is 2. The number of benzene rings is 2. The van der Waals surface area contributed by atoms with Crippen LogP contribution in [0.25, 0.3) is 0 Å². The molecule has 0 saturated carbocycles. The number of ether oxygens (including phenoxy) is 2. The van der Waals surface area contributed by atoms with E-state index in [-0.39, 0.29) is 16.3 Å². The molecule has 1 saturated heterocycles. The minimum absolute atomic E-state index is 0.0881. The Morgan fingerprint density at radius 3 is 2.39 bits per heavy atom. The first-order valence-corrected chi connectivity index (χ1v) is 11.0. The van der Waals surface area contributed by atoms with Crippen LogP contribution >= 0.6 is 0 Å². The van der Waals surface area contributed by atoms with Crippen molar-refractivity contribution in [2.75, 3.05) is 32.7 Å². The number of nitrogens with one attached hydrogen (secondary N) is 1. The van der Waals surface area contributed by atoms with Gasteiger partial charge in [0.15, 0.2) is 11.5 Å². The summed E-state index contributed by atoms with van der Waals surface area (Å²) in [6.07, 6.45) is 1.57. The maximum absolute atomic E-state index is 12.7. The predicted molar refractivity (Wildman–Crippen MR) is 116 cm³/mol. The number of anilines is 1. The molecule has 0 radical (unpaired) electrons. The zero-order valence-electron chi connectivity index (χ0n) is 17.5. The Labute approximate surface area is 180 Å². The largest absolute Gasteiger partial charge is 0.493 e. The van der Waals surface area contributed by atoms with Gasteiger partial charge < -0.3 is 9.47 Å². The van der Waals surface area contributed by atoms with Crippen LogP contribution in [0.1, 0.15) is 25.3 Å². The van der Waals surface area contributed by atoms with Crippen molar-refractivity contribution in [3.63, 3.8) is 0 Å². The molecule has 166 valence electrons. The second kappa shape index (κ2) is 9.31. The van der Waals surface area contributed by atoms with Crippen LogP contribution in [0.2, 0.25) is 0 Å². The van der Waals surface area contributed by atoms with Crippen LogP contribution in [0.15, 0.2) is 46.4 Å². The van der Waals surface area contributed by atoms with Gasteiger partial charge in [-0.05, 0) is 50.1 Å². The molecule has 1 heterocycles. The van der Waals surface area contributed by atoms with E-state index in [1.807, 2.05) is 0 Å². The molecule has 11 heteroatoms. The van der Waals surface area contributed by atoms with Crippen LogP contribution in [-0.2, 0) is 10.0 Å². The molecule has 2 aromatic carbocycles. The summed E-state index contributed by atoms with van der Waals surface area (Å²) in [6, 6.07) is 9.02. The summed E-state index contributed by atoms with van der Waals surface area (Å²) >= 11 is 0. The molecule has 0 atom stereocenters. The first kappa shape index (κ1) is 22.5. The molecule has 0 unspecified atom stereocenters. The van der Waals surface area contributed by atoms with Crippen LogP contribution in [0, 0.1) is 10.1 Å². The smallest absolute Gasteiger partial charge is 0.295 e. The minimum Gasteiger partial charge on any atom is -0.493 e. The fourth-order valence-corrected chi connectivity index (χ4v) is 4.80.